The van der Waals surface area contributed by atoms with Gasteiger partial charge in [-0.15, -0.1) is 0 Å². The van der Waals surface area contributed by atoms with Crippen LogP contribution >= 0.6 is 0 Å². The van der Waals surface area contributed by atoms with Crippen LogP contribution in [0, 0.1) is 6.92 Å². The minimum absolute atomic E-state index is 0.156. The Morgan fingerprint density at radius 2 is 1.73 bits per heavy atom. The number of aliphatic hydroxyl groups excluding tert-OH is 1. The first-order chi connectivity index (χ1) is 25.1. The molecule has 0 bridgehead atoms. The fourth-order valence-electron chi connectivity index (χ4n) is 5.51. The van der Waals surface area contributed by atoms with E-state index in [1.807, 2.05) is 85.8 Å². The fraction of sp³-hybridized carbons (Fsp3) is 0.231. The minimum Gasteiger partial charge on any atom is -0.488 e. The fourth-order valence-corrected chi connectivity index (χ4v) is 5.51. The van der Waals surface area contributed by atoms with Crippen molar-refractivity contribution in [2.45, 2.75) is 52.3 Å². The molecule has 0 saturated heterocycles. The maximum absolute atomic E-state index is 13.5. The zero-order chi connectivity index (χ0) is 36.7. The summed E-state index contributed by atoms with van der Waals surface area (Å²) >= 11 is 0. The summed E-state index contributed by atoms with van der Waals surface area (Å²) in [5.74, 6) is 1.26. The van der Waals surface area contributed by atoms with E-state index in [1.54, 1.807) is 10.9 Å². The van der Waals surface area contributed by atoms with E-state index in [1.165, 1.54) is 18.6 Å². The van der Waals surface area contributed by atoms with Gasteiger partial charge in [-0.25, -0.2) is 19.4 Å². The number of fused-ring (bicyclic) bond motifs is 1. The van der Waals surface area contributed by atoms with E-state index in [0.29, 0.717) is 23.1 Å². The number of hydrogen-bond acceptors (Lipinski definition) is 9. The standard InChI is InChI=1S/C39H41N9O4/c1-25-8-7-9-27(20-25)48-36(22-33(47-48)39(2,3)4)46-38(51)43-30-12-13-32(29-11-6-5-10-28(29)30)52-24-26-14-16-42-35(21-26)44-34(15-19-49)45-37(50)31-23-40-17-18-41-31/h5-14,16-18,20-23,34,49H,15,19,24H2,1-4H3,(H,42,44)(H,45,50)(H2,43,46,51). The quantitative estimate of drug-likeness (QED) is 0.0885. The molecule has 1 atom stereocenters. The summed E-state index contributed by atoms with van der Waals surface area (Å²) in [5, 5.41) is 28.0. The highest BCUT2D eigenvalue weighted by Gasteiger charge is 2.22. The Morgan fingerprint density at radius 1 is 0.904 bits per heavy atom. The van der Waals surface area contributed by atoms with Crippen molar-refractivity contribution in [3.8, 4) is 11.4 Å². The van der Waals surface area contributed by atoms with Gasteiger partial charge in [-0.3, -0.25) is 15.1 Å². The van der Waals surface area contributed by atoms with Gasteiger partial charge in [0, 0.05) is 53.9 Å². The lowest BCUT2D eigenvalue weighted by atomic mass is 9.92. The number of anilines is 3. The third-order valence-electron chi connectivity index (χ3n) is 8.16. The topological polar surface area (TPSA) is 168 Å². The second-order valence-corrected chi connectivity index (χ2v) is 13.3. The van der Waals surface area contributed by atoms with Crippen LogP contribution in [0.2, 0.25) is 0 Å². The van der Waals surface area contributed by atoms with Gasteiger partial charge in [0.05, 0.1) is 23.3 Å². The summed E-state index contributed by atoms with van der Waals surface area (Å²) in [6.07, 6.45) is 5.57. The Kier molecular flexibility index (Phi) is 10.7. The summed E-state index contributed by atoms with van der Waals surface area (Å²) in [7, 11) is 0. The monoisotopic (exact) mass is 699 g/mol. The van der Waals surface area contributed by atoms with Crippen molar-refractivity contribution in [2.24, 2.45) is 0 Å². The molecule has 13 heteroatoms. The minimum atomic E-state index is -0.604. The van der Waals surface area contributed by atoms with Gasteiger partial charge < -0.3 is 25.8 Å². The SMILES string of the molecule is Cc1cccc(-n2nc(C(C)(C)C)cc2NC(=O)Nc2ccc(OCc3ccnc(NC(CCO)NC(=O)c4cnccn4)c3)c3ccccc23)c1. The number of ether oxygens (including phenoxy) is 1. The maximum Gasteiger partial charge on any atom is 0.324 e. The van der Waals surface area contributed by atoms with E-state index < -0.39 is 18.1 Å². The van der Waals surface area contributed by atoms with Crippen LogP contribution in [0.5, 0.6) is 5.75 Å². The highest BCUT2D eigenvalue weighted by molar-refractivity contribution is 6.07. The van der Waals surface area contributed by atoms with Crippen LogP contribution in [0.25, 0.3) is 16.5 Å². The van der Waals surface area contributed by atoms with E-state index >= 15 is 0 Å². The first kappa shape index (κ1) is 35.5. The third kappa shape index (κ3) is 8.68. The molecule has 0 aliphatic carbocycles. The molecular formula is C39H41N9O4. The van der Waals surface area contributed by atoms with Crippen molar-refractivity contribution in [3.63, 3.8) is 0 Å². The van der Waals surface area contributed by atoms with Crippen LogP contribution < -0.4 is 26.0 Å². The number of aromatic nitrogens is 5. The number of aryl methyl sites for hydroxylation is 1. The zero-order valence-electron chi connectivity index (χ0n) is 29.4. The molecule has 3 heterocycles. The lowest BCUT2D eigenvalue weighted by Gasteiger charge is -2.20. The summed E-state index contributed by atoms with van der Waals surface area (Å²) in [6, 6.07) is 24.4. The number of hydrogen-bond donors (Lipinski definition) is 5. The van der Waals surface area contributed by atoms with E-state index in [-0.39, 0.29) is 30.7 Å². The number of benzene rings is 3. The van der Waals surface area contributed by atoms with Crippen molar-refractivity contribution in [2.75, 3.05) is 22.6 Å². The number of carbonyl (C=O) groups excluding carboxylic acids is 2. The second-order valence-electron chi connectivity index (χ2n) is 13.3. The number of nitrogens with one attached hydrogen (secondary N) is 4. The van der Waals surface area contributed by atoms with Crippen molar-refractivity contribution < 1.29 is 19.4 Å². The number of rotatable bonds is 12. The molecule has 0 aliphatic rings. The molecule has 0 aliphatic heterocycles. The number of carbonyl (C=O) groups is 2. The molecule has 266 valence electrons. The molecule has 0 saturated carbocycles. The Labute approximate surface area is 301 Å². The molecule has 0 radical (unpaired) electrons. The Balaban J connectivity index is 1.15. The van der Waals surface area contributed by atoms with E-state index in [2.05, 4.69) is 57.0 Å². The van der Waals surface area contributed by atoms with E-state index in [0.717, 1.165) is 33.3 Å². The molecule has 0 spiro atoms. The van der Waals surface area contributed by atoms with Gasteiger partial charge in [0.15, 0.2) is 0 Å². The van der Waals surface area contributed by atoms with Gasteiger partial charge in [-0.2, -0.15) is 5.10 Å². The molecule has 3 aromatic heterocycles. The summed E-state index contributed by atoms with van der Waals surface area (Å²) < 4.78 is 8.03. The molecule has 3 aromatic carbocycles. The number of nitrogens with zero attached hydrogens (tertiary/aromatic N) is 5. The highest BCUT2D eigenvalue weighted by atomic mass is 16.5. The van der Waals surface area contributed by atoms with Gasteiger partial charge in [-0.05, 0) is 54.4 Å². The zero-order valence-corrected chi connectivity index (χ0v) is 29.4. The average Bonchev–Trinajstić information content (AvgIpc) is 3.56. The van der Waals surface area contributed by atoms with E-state index in [4.69, 9.17) is 9.84 Å². The van der Waals surface area contributed by atoms with Crippen LogP contribution in [0.3, 0.4) is 0 Å². The van der Waals surface area contributed by atoms with Gasteiger partial charge in [0.2, 0.25) is 0 Å². The molecule has 1 unspecified atom stereocenters. The molecule has 13 nitrogen and oxygen atoms in total. The lowest BCUT2D eigenvalue weighted by molar-refractivity contribution is 0.0930. The number of urea groups is 1. The Bertz CT molecular complexity index is 2180. The van der Waals surface area contributed by atoms with E-state index in [9.17, 15) is 14.7 Å². The first-order valence-corrected chi connectivity index (χ1v) is 16.9. The molecule has 5 N–H and O–H groups in total. The molecule has 6 rings (SSSR count). The van der Waals surface area contributed by atoms with Gasteiger partial charge in [0.25, 0.3) is 5.91 Å². The van der Waals surface area contributed by atoms with Crippen LogP contribution in [0.1, 0.15) is 54.5 Å². The van der Waals surface area contributed by atoms with Crippen LogP contribution in [0.4, 0.5) is 22.1 Å². The van der Waals surface area contributed by atoms with Crippen LogP contribution in [-0.4, -0.2) is 54.5 Å². The maximum atomic E-state index is 13.5. The largest absolute Gasteiger partial charge is 0.488 e. The van der Waals surface area contributed by atoms with Crippen molar-refractivity contribution >= 4 is 40.0 Å². The first-order valence-electron chi connectivity index (χ1n) is 16.9. The summed E-state index contributed by atoms with van der Waals surface area (Å²) in [6.45, 7) is 8.34. The van der Waals surface area contributed by atoms with Crippen LogP contribution in [0.15, 0.2) is 104 Å². The molecule has 3 amide bonds. The normalized spacial score (nSPS) is 11.9. The molecule has 6 aromatic rings. The highest BCUT2D eigenvalue weighted by Crippen LogP contribution is 2.33. The summed E-state index contributed by atoms with van der Waals surface area (Å²) in [5.41, 5.74) is 4.17. The smallest absolute Gasteiger partial charge is 0.324 e. The number of aliphatic hydroxyl groups is 1. The molecule has 0 fully saturated rings. The molecular weight excluding hydrogens is 658 g/mol. The van der Waals surface area contributed by atoms with Crippen LogP contribution in [-0.2, 0) is 12.0 Å². The van der Waals surface area contributed by atoms with Gasteiger partial charge >= 0.3 is 6.03 Å². The third-order valence-corrected chi connectivity index (χ3v) is 8.16. The predicted molar refractivity (Wildman–Crippen MR) is 201 cm³/mol. The summed E-state index contributed by atoms with van der Waals surface area (Å²) in [4.78, 5) is 38.4. The van der Waals surface area contributed by atoms with Crippen molar-refractivity contribution in [1.29, 1.82) is 0 Å². The predicted octanol–water partition coefficient (Wildman–Crippen LogP) is 6.59. The lowest BCUT2D eigenvalue weighted by Crippen LogP contribution is -2.41. The molecule has 52 heavy (non-hydrogen) atoms. The van der Waals surface area contributed by atoms with Gasteiger partial charge in [0.1, 0.15) is 35.9 Å². The second kappa shape index (κ2) is 15.7. The van der Waals surface area contributed by atoms with Crippen molar-refractivity contribution in [3.05, 3.63) is 126 Å². The average molecular weight is 700 g/mol. The Hall–Kier alpha value is -6.34. The number of amides is 3. The van der Waals surface area contributed by atoms with Gasteiger partial charge in [-0.1, -0.05) is 57.2 Å². The van der Waals surface area contributed by atoms with Crippen molar-refractivity contribution in [1.82, 2.24) is 30.0 Å². The number of pyridine rings is 1. The Morgan fingerprint density at radius 3 is 2.48 bits per heavy atom.